The van der Waals surface area contributed by atoms with Crippen molar-refractivity contribution in [1.29, 1.82) is 0 Å². The lowest BCUT2D eigenvalue weighted by Crippen LogP contribution is -2.33. The normalized spacial score (nSPS) is 12.3. The van der Waals surface area contributed by atoms with Gasteiger partial charge in [-0.1, -0.05) is 13.0 Å². The Hall–Kier alpha value is -1.74. The summed E-state index contributed by atoms with van der Waals surface area (Å²) >= 11 is 0. The molecule has 0 fully saturated rings. The number of hydrogen-bond acceptors (Lipinski definition) is 2. The van der Waals surface area contributed by atoms with Gasteiger partial charge in [-0.25, -0.2) is 4.39 Å². The molecule has 106 valence electrons. The fraction of sp³-hybridized carbons (Fsp3) is 0.353. The maximum atomic E-state index is 13.2. The minimum atomic E-state index is -0.166. The Balaban J connectivity index is 2.09. The van der Waals surface area contributed by atoms with Gasteiger partial charge in [-0.15, -0.1) is 0 Å². The summed E-state index contributed by atoms with van der Waals surface area (Å²) in [6.07, 6.45) is 5.50. The van der Waals surface area contributed by atoms with Gasteiger partial charge in [0.25, 0.3) is 0 Å². The van der Waals surface area contributed by atoms with Crippen molar-refractivity contribution in [2.45, 2.75) is 32.7 Å². The number of nitrogens with zero attached hydrogens (tertiary/aromatic N) is 1. The summed E-state index contributed by atoms with van der Waals surface area (Å²) in [6.45, 7) is 5.00. The van der Waals surface area contributed by atoms with Crippen LogP contribution in [0.1, 0.15) is 23.6 Å². The van der Waals surface area contributed by atoms with E-state index in [1.165, 1.54) is 17.2 Å². The molecule has 3 heteroatoms. The monoisotopic (exact) mass is 272 g/mol. The van der Waals surface area contributed by atoms with Crippen molar-refractivity contribution < 1.29 is 4.39 Å². The SMILES string of the molecule is CCNC(Cc1ccncc1)Cc1ccc(F)cc1C. The first-order valence-electron chi connectivity index (χ1n) is 7.06. The van der Waals surface area contributed by atoms with Crippen LogP contribution in [0.15, 0.2) is 42.7 Å². The van der Waals surface area contributed by atoms with Gasteiger partial charge in [0, 0.05) is 18.4 Å². The van der Waals surface area contributed by atoms with Crippen LogP contribution in [0.4, 0.5) is 4.39 Å². The Kier molecular flexibility index (Phi) is 5.24. The Morgan fingerprint density at radius 1 is 1.15 bits per heavy atom. The molecule has 2 rings (SSSR count). The molecule has 20 heavy (non-hydrogen) atoms. The highest BCUT2D eigenvalue weighted by atomic mass is 19.1. The lowest BCUT2D eigenvalue weighted by Gasteiger charge is -2.19. The van der Waals surface area contributed by atoms with E-state index in [4.69, 9.17) is 0 Å². The molecule has 0 aliphatic rings. The first-order valence-corrected chi connectivity index (χ1v) is 7.06. The first-order chi connectivity index (χ1) is 9.69. The van der Waals surface area contributed by atoms with Crippen LogP contribution in [0.2, 0.25) is 0 Å². The molecule has 0 aliphatic carbocycles. The van der Waals surface area contributed by atoms with E-state index >= 15 is 0 Å². The van der Waals surface area contributed by atoms with Gasteiger partial charge in [0.2, 0.25) is 0 Å². The second-order valence-corrected chi connectivity index (χ2v) is 5.09. The molecule has 2 nitrogen and oxygen atoms in total. The minimum absolute atomic E-state index is 0.166. The highest BCUT2D eigenvalue weighted by Crippen LogP contribution is 2.14. The zero-order chi connectivity index (χ0) is 14.4. The van der Waals surface area contributed by atoms with E-state index in [1.54, 1.807) is 6.07 Å². The summed E-state index contributed by atoms with van der Waals surface area (Å²) in [4.78, 5) is 4.04. The third-order valence-corrected chi connectivity index (χ3v) is 3.50. The third-order valence-electron chi connectivity index (χ3n) is 3.50. The van der Waals surface area contributed by atoms with Gasteiger partial charge in [0.1, 0.15) is 5.82 Å². The van der Waals surface area contributed by atoms with E-state index in [2.05, 4.69) is 17.2 Å². The summed E-state index contributed by atoms with van der Waals surface area (Å²) < 4.78 is 13.2. The van der Waals surface area contributed by atoms with Gasteiger partial charge in [0.15, 0.2) is 0 Å². The average Bonchev–Trinajstić information content (AvgIpc) is 2.43. The molecule has 0 aliphatic heterocycles. The van der Waals surface area contributed by atoms with Gasteiger partial charge in [-0.2, -0.15) is 0 Å². The van der Waals surface area contributed by atoms with E-state index in [1.807, 2.05) is 37.5 Å². The van der Waals surface area contributed by atoms with Crippen LogP contribution < -0.4 is 5.32 Å². The molecule has 0 bridgehead atoms. The van der Waals surface area contributed by atoms with Crippen LogP contribution >= 0.6 is 0 Å². The summed E-state index contributed by atoms with van der Waals surface area (Å²) in [5.41, 5.74) is 3.49. The molecule has 0 saturated heterocycles. The van der Waals surface area contributed by atoms with Crippen molar-refractivity contribution >= 4 is 0 Å². The van der Waals surface area contributed by atoms with Crippen LogP contribution in [0.5, 0.6) is 0 Å². The second kappa shape index (κ2) is 7.15. The van der Waals surface area contributed by atoms with Crippen molar-refractivity contribution in [3.8, 4) is 0 Å². The largest absolute Gasteiger partial charge is 0.314 e. The third kappa shape index (κ3) is 4.14. The molecule has 1 atom stereocenters. The van der Waals surface area contributed by atoms with Gasteiger partial charge < -0.3 is 5.32 Å². The van der Waals surface area contributed by atoms with E-state index in [9.17, 15) is 4.39 Å². The predicted octanol–water partition coefficient (Wildman–Crippen LogP) is 3.29. The number of aromatic nitrogens is 1. The summed E-state index contributed by atoms with van der Waals surface area (Å²) in [7, 11) is 0. The number of nitrogens with one attached hydrogen (secondary N) is 1. The lowest BCUT2D eigenvalue weighted by atomic mass is 9.96. The quantitative estimate of drug-likeness (QED) is 0.873. The first kappa shape index (κ1) is 14.7. The second-order valence-electron chi connectivity index (χ2n) is 5.09. The Morgan fingerprint density at radius 3 is 2.55 bits per heavy atom. The molecule has 1 aromatic heterocycles. The van der Waals surface area contributed by atoms with Crippen LogP contribution in [0.3, 0.4) is 0 Å². The van der Waals surface area contributed by atoms with Crippen molar-refractivity contribution in [3.63, 3.8) is 0 Å². The maximum absolute atomic E-state index is 13.2. The van der Waals surface area contributed by atoms with Crippen molar-refractivity contribution in [2.75, 3.05) is 6.54 Å². The molecule has 1 unspecified atom stereocenters. The van der Waals surface area contributed by atoms with E-state index in [-0.39, 0.29) is 5.82 Å². The lowest BCUT2D eigenvalue weighted by molar-refractivity contribution is 0.519. The smallest absolute Gasteiger partial charge is 0.123 e. The van der Waals surface area contributed by atoms with Gasteiger partial charge in [0.05, 0.1) is 0 Å². The fourth-order valence-corrected chi connectivity index (χ4v) is 2.46. The molecular weight excluding hydrogens is 251 g/mol. The van der Waals surface area contributed by atoms with Crippen LogP contribution in [0.25, 0.3) is 0 Å². The molecular formula is C17H21FN2. The molecule has 1 N–H and O–H groups in total. The van der Waals surface area contributed by atoms with Gasteiger partial charge >= 0.3 is 0 Å². The standard InChI is InChI=1S/C17H21FN2/c1-3-20-17(11-14-6-8-19-9-7-14)12-15-4-5-16(18)10-13(15)2/h4-10,17,20H,3,11-12H2,1-2H3. The number of benzene rings is 1. The van der Waals surface area contributed by atoms with Gasteiger partial charge in [-0.05, 0) is 67.3 Å². The summed E-state index contributed by atoms with van der Waals surface area (Å²) in [6, 6.07) is 9.47. The fourth-order valence-electron chi connectivity index (χ4n) is 2.46. The molecule has 0 saturated carbocycles. The Morgan fingerprint density at radius 2 is 1.90 bits per heavy atom. The molecule has 0 radical (unpaired) electrons. The Bertz CT molecular complexity index is 540. The van der Waals surface area contributed by atoms with Crippen molar-refractivity contribution in [3.05, 3.63) is 65.2 Å². The van der Waals surface area contributed by atoms with E-state index in [0.717, 1.165) is 24.9 Å². The zero-order valence-electron chi connectivity index (χ0n) is 12.1. The topological polar surface area (TPSA) is 24.9 Å². The molecule has 2 aromatic rings. The number of rotatable bonds is 6. The summed E-state index contributed by atoms with van der Waals surface area (Å²) in [5.74, 6) is -0.166. The van der Waals surface area contributed by atoms with Crippen LogP contribution in [-0.2, 0) is 12.8 Å². The zero-order valence-corrected chi connectivity index (χ0v) is 12.1. The van der Waals surface area contributed by atoms with Crippen LogP contribution in [0, 0.1) is 12.7 Å². The highest BCUT2D eigenvalue weighted by molar-refractivity contribution is 5.28. The van der Waals surface area contributed by atoms with Crippen LogP contribution in [-0.4, -0.2) is 17.6 Å². The number of aryl methyl sites for hydroxylation is 1. The predicted molar refractivity (Wildman–Crippen MR) is 80.2 cm³/mol. The summed E-state index contributed by atoms with van der Waals surface area (Å²) in [5, 5.41) is 3.51. The Labute approximate surface area is 120 Å². The molecule has 1 heterocycles. The van der Waals surface area contributed by atoms with Crippen molar-refractivity contribution in [2.24, 2.45) is 0 Å². The number of pyridine rings is 1. The molecule has 0 amide bonds. The highest BCUT2D eigenvalue weighted by Gasteiger charge is 2.11. The average molecular weight is 272 g/mol. The van der Waals surface area contributed by atoms with Gasteiger partial charge in [-0.3, -0.25) is 4.98 Å². The maximum Gasteiger partial charge on any atom is 0.123 e. The number of halogens is 1. The minimum Gasteiger partial charge on any atom is -0.314 e. The van der Waals surface area contributed by atoms with E-state index in [0.29, 0.717) is 6.04 Å². The number of likely N-dealkylation sites (N-methyl/N-ethyl adjacent to an activating group) is 1. The van der Waals surface area contributed by atoms with E-state index < -0.39 is 0 Å². The molecule has 1 aromatic carbocycles. The molecule has 0 spiro atoms. The number of hydrogen-bond donors (Lipinski definition) is 1. The van der Waals surface area contributed by atoms with Crippen molar-refractivity contribution in [1.82, 2.24) is 10.3 Å².